The van der Waals surface area contributed by atoms with Crippen LogP contribution in [0.1, 0.15) is 60.8 Å². The van der Waals surface area contributed by atoms with Gasteiger partial charge in [-0.05, 0) is 44.4 Å². The first kappa shape index (κ1) is 25.4. The molecule has 3 N–H and O–H groups in total. The molecule has 7 heteroatoms. The van der Waals surface area contributed by atoms with Crippen LogP contribution in [0.5, 0.6) is 0 Å². The van der Waals surface area contributed by atoms with E-state index in [9.17, 15) is 19.5 Å². The molecule has 0 aromatic carbocycles. The molecular formula is C24H41N3O4. The average Bonchev–Trinajstić information content (AvgIpc) is 2.94. The van der Waals surface area contributed by atoms with Crippen molar-refractivity contribution >= 4 is 17.7 Å². The molecule has 0 bridgehead atoms. The third kappa shape index (κ3) is 5.68. The minimum atomic E-state index is -0.676. The SMILES string of the molecule is CC[C@@H]1C=C[C@H]2[C@@H](C(=O)N(CCCO)[C@@H]2C(=O)NC(C)(C)CC(C)(C)C)[C@@H]1C(=O)NC. The number of rotatable bonds is 8. The number of carbonyl (C=O) groups is 3. The zero-order valence-corrected chi connectivity index (χ0v) is 20.2. The molecule has 31 heavy (non-hydrogen) atoms. The van der Waals surface area contributed by atoms with Crippen LogP contribution >= 0.6 is 0 Å². The minimum Gasteiger partial charge on any atom is -0.396 e. The maximum atomic E-state index is 13.5. The Bertz CT molecular complexity index is 710. The van der Waals surface area contributed by atoms with E-state index in [2.05, 4.69) is 31.4 Å². The zero-order valence-electron chi connectivity index (χ0n) is 20.2. The van der Waals surface area contributed by atoms with Gasteiger partial charge in [-0.15, -0.1) is 0 Å². The number of amides is 3. The van der Waals surface area contributed by atoms with Crippen molar-refractivity contribution in [2.45, 2.75) is 72.4 Å². The second kappa shape index (κ2) is 9.72. The van der Waals surface area contributed by atoms with Gasteiger partial charge in [0.15, 0.2) is 0 Å². The van der Waals surface area contributed by atoms with Gasteiger partial charge in [0.05, 0.1) is 11.8 Å². The molecule has 0 spiro atoms. The molecule has 0 saturated carbocycles. The van der Waals surface area contributed by atoms with E-state index < -0.39 is 23.4 Å². The van der Waals surface area contributed by atoms with Gasteiger partial charge in [0.25, 0.3) is 0 Å². The number of fused-ring (bicyclic) bond motifs is 1. The van der Waals surface area contributed by atoms with Crippen molar-refractivity contribution in [3.8, 4) is 0 Å². The van der Waals surface area contributed by atoms with Crippen LogP contribution in [0.25, 0.3) is 0 Å². The van der Waals surface area contributed by atoms with E-state index in [4.69, 9.17) is 0 Å². The molecule has 0 unspecified atom stereocenters. The molecule has 1 aliphatic heterocycles. The molecule has 7 nitrogen and oxygen atoms in total. The summed E-state index contributed by atoms with van der Waals surface area (Å²) >= 11 is 0. The average molecular weight is 436 g/mol. The van der Waals surface area contributed by atoms with Crippen molar-refractivity contribution < 1.29 is 19.5 Å². The summed E-state index contributed by atoms with van der Waals surface area (Å²) < 4.78 is 0. The first-order chi connectivity index (χ1) is 14.4. The summed E-state index contributed by atoms with van der Waals surface area (Å²) in [7, 11) is 1.59. The third-order valence-electron chi connectivity index (χ3n) is 6.39. The predicted molar refractivity (Wildman–Crippen MR) is 121 cm³/mol. The Balaban J connectivity index is 2.40. The topological polar surface area (TPSA) is 98.7 Å². The van der Waals surface area contributed by atoms with Gasteiger partial charge in [0.2, 0.25) is 17.7 Å². The first-order valence-corrected chi connectivity index (χ1v) is 11.5. The second-order valence-corrected chi connectivity index (χ2v) is 10.9. The van der Waals surface area contributed by atoms with E-state index in [1.54, 1.807) is 11.9 Å². The van der Waals surface area contributed by atoms with Gasteiger partial charge in [0.1, 0.15) is 6.04 Å². The lowest BCUT2D eigenvalue weighted by Gasteiger charge is -2.37. The summed E-state index contributed by atoms with van der Waals surface area (Å²) in [5, 5.41) is 15.2. The largest absolute Gasteiger partial charge is 0.396 e. The molecule has 5 atom stereocenters. The summed E-state index contributed by atoms with van der Waals surface area (Å²) in [5.74, 6) is -1.96. The predicted octanol–water partition coefficient (Wildman–Crippen LogP) is 2.10. The van der Waals surface area contributed by atoms with Gasteiger partial charge < -0.3 is 20.6 Å². The van der Waals surface area contributed by atoms with Gasteiger partial charge in [-0.2, -0.15) is 0 Å². The number of aliphatic hydroxyl groups is 1. The number of hydrogen-bond acceptors (Lipinski definition) is 4. The number of carbonyl (C=O) groups excluding carboxylic acids is 3. The highest BCUT2D eigenvalue weighted by Crippen LogP contribution is 2.45. The molecule has 176 valence electrons. The zero-order chi connectivity index (χ0) is 23.6. The lowest BCUT2D eigenvalue weighted by Crippen LogP contribution is -2.54. The second-order valence-electron chi connectivity index (χ2n) is 10.9. The maximum absolute atomic E-state index is 13.5. The molecule has 0 aromatic heterocycles. The Morgan fingerprint density at radius 3 is 2.29 bits per heavy atom. The standard InChI is InChI=1S/C24H41N3O4/c1-8-15-10-11-16-18(17(15)20(29)25-7)22(31)27(12-9-13-28)19(16)21(30)26-24(5,6)14-23(2,3)4/h10-11,15-19,28H,8-9,12-14H2,1-7H3,(H,25,29)(H,26,30)/t15-,16+,17-,18-,19+/m1/s1. The summed E-state index contributed by atoms with van der Waals surface area (Å²) in [6.07, 6.45) is 5.90. The maximum Gasteiger partial charge on any atom is 0.243 e. The molecule has 2 rings (SSSR count). The Hall–Kier alpha value is -1.89. The summed E-state index contributed by atoms with van der Waals surface area (Å²) in [6.45, 7) is 12.6. The molecule has 1 heterocycles. The molecule has 3 amide bonds. The van der Waals surface area contributed by atoms with Crippen molar-refractivity contribution in [1.29, 1.82) is 0 Å². The van der Waals surface area contributed by atoms with E-state index in [1.807, 2.05) is 32.9 Å². The number of nitrogens with zero attached hydrogens (tertiary/aromatic N) is 1. The Kier molecular flexibility index (Phi) is 7.95. The van der Waals surface area contributed by atoms with Crippen LogP contribution in [-0.2, 0) is 14.4 Å². The third-order valence-corrected chi connectivity index (χ3v) is 6.39. The van der Waals surface area contributed by atoms with Crippen LogP contribution in [0, 0.1) is 29.1 Å². The molecule has 0 aromatic rings. The van der Waals surface area contributed by atoms with Crippen molar-refractivity contribution in [3.63, 3.8) is 0 Å². The Morgan fingerprint density at radius 2 is 1.77 bits per heavy atom. The van der Waals surface area contributed by atoms with Crippen LogP contribution in [0.4, 0.5) is 0 Å². The van der Waals surface area contributed by atoms with E-state index >= 15 is 0 Å². The normalized spacial score (nSPS) is 28.5. The van der Waals surface area contributed by atoms with Gasteiger partial charge in [-0.3, -0.25) is 14.4 Å². The van der Waals surface area contributed by atoms with Gasteiger partial charge in [-0.25, -0.2) is 0 Å². The van der Waals surface area contributed by atoms with Crippen molar-refractivity contribution in [2.24, 2.45) is 29.1 Å². The lowest BCUT2D eigenvalue weighted by atomic mass is 9.68. The van der Waals surface area contributed by atoms with Crippen molar-refractivity contribution in [2.75, 3.05) is 20.2 Å². The fourth-order valence-corrected chi connectivity index (χ4v) is 5.67. The number of hydrogen-bond donors (Lipinski definition) is 3. The fourth-order valence-electron chi connectivity index (χ4n) is 5.67. The highest BCUT2D eigenvalue weighted by molar-refractivity contribution is 5.97. The molecule has 2 aliphatic rings. The summed E-state index contributed by atoms with van der Waals surface area (Å²) in [4.78, 5) is 41.4. The monoisotopic (exact) mass is 435 g/mol. The van der Waals surface area contributed by atoms with E-state index in [0.29, 0.717) is 13.0 Å². The van der Waals surface area contributed by atoms with Crippen LogP contribution < -0.4 is 10.6 Å². The highest BCUT2D eigenvalue weighted by Gasteiger charge is 2.57. The Morgan fingerprint density at radius 1 is 1.13 bits per heavy atom. The Labute approximate surface area is 187 Å². The fraction of sp³-hybridized carbons (Fsp3) is 0.792. The molecule has 1 fully saturated rings. The highest BCUT2D eigenvalue weighted by atomic mass is 16.3. The van der Waals surface area contributed by atoms with E-state index in [1.165, 1.54) is 0 Å². The van der Waals surface area contributed by atoms with Gasteiger partial charge in [0, 0.05) is 31.7 Å². The van der Waals surface area contributed by atoms with Crippen LogP contribution in [-0.4, -0.2) is 59.5 Å². The molecule has 0 radical (unpaired) electrons. The van der Waals surface area contributed by atoms with Gasteiger partial charge >= 0.3 is 0 Å². The van der Waals surface area contributed by atoms with Crippen LogP contribution in [0.2, 0.25) is 0 Å². The first-order valence-electron chi connectivity index (χ1n) is 11.5. The number of allylic oxidation sites excluding steroid dienone is 1. The van der Waals surface area contributed by atoms with Crippen LogP contribution in [0.3, 0.4) is 0 Å². The van der Waals surface area contributed by atoms with E-state index in [0.717, 1.165) is 12.8 Å². The lowest BCUT2D eigenvalue weighted by molar-refractivity contribution is -0.141. The van der Waals surface area contributed by atoms with Gasteiger partial charge in [-0.1, -0.05) is 39.8 Å². The smallest absolute Gasteiger partial charge is 0.243 e. The van der Waals surface area contributed by atoms with Crippen molar-refractivity contribution in [3.05, 3.63) is 12.2 Å². The number of aliphatic hydroxyl groups excluding tert-OH is 1. The molecule has 1 aliphatic carbocycles. The van der Waals surface area contributed by atoms with Crippen molar-refractivity contribution in [1.82, 2.24) is 15.5 Å². The summed E-state index contributed by atoms with van der Waals surface area (Å²) in [6, 6.07) is -0.676. The van der Waals surface area contributed by atoms with Crippen LogP contribution in [0.15, 0.2) is 12.2 Å². The summed E-state index contributed by atoms with van der Waals surface area (Å²) in [5.41, 5.74) is -0.408. The quantitative estimate of drug-likeness (QED) is 0.509. The van der Waals surface area contributed by atoms with E-state index in [-0.39, 0.29) is 41.6 Å². The molecular weight excluding hydrogens is 394 g/mol. The minimum absolute atomic E-state index is 0.0325. The molecule has 1 saturated heterocycles. The number of nitrogens with one attached hydrogen (secondary N) is 2. The number of likely N-dealkylation sites (tertiary alicyclic amines) is 1.